The number of hydrogen-bond donors (Lipinski definition) is 1. The van der Waals surface area contributed by atoms with E-state index in [4.69, 9.17) is 0 Å². The van der Waals surface area contributed by atoms with Gasteiger partial charge >= 0.3 is 5.97 Å². The highest BCUT2D eigenvalue weighted by molar-refractivity contribution is 5.95. The summed E-state index contributed by atoms with van der Waals surface area (Å²) in [5.41, 5.74) is -0.383. The number of fused-ring (bicyclic) bond motifs is 1. The van der Waals surface area contributed by atoms with Gasteiger partial charge in [0, 0.05) is 24.2 Å². The number of esters is 1. The van der Waals surface area contributed by atoms with Crippen LogP contribution < -0.4 is 5.32 Å². The van der Waals surface area contributed by atoms with Gasteiger partial charge in [-0.15, -0.1) is 0 Å². The predicted molar refractivity (Wildman–Crippen MR) is 81.6 cm³/mol. The minimum atomic E-state index is -1.52. The Hall–Kier alpha value is -3.36. The van der Waals surface area contributed by atoms with Gasteiger partial charge < -0.3 is 10.1 Å². The van der Waals surface area contributed by atoms with Crippen LogP contribution in [-0.4, -0.2) is 33.4 Å². The highest BCUT2D eigenvalue weighted by atomic mass is 19.1. The lowest BCUT2D eigenvalue weighted by atomic mass is 10.1. The van der Waals surface area contributed by atoms with Crippen LogP contribution in [0.25, 0.3) is 5.78 Å². The first-order valence-corrected chi connectivity index (χ1v) is 7.13. The molecule has 2 heterocycles. The van der Waals surface area contributed by atoms with Crippen molar-refractivity contribution in [3.63, 3.8) is 0 Å². The second-order valence-corrected chi connectivity index (χ2v) is 5.05. The van der Waals surface area contributed by atoms with Crippen LogP contribution in [0.1, 0.15) is 22.1 Å². The quantitative estimate of drug-likeness (QED) is 0.726. The number of aromatic nitrogens is 3. The second kappa shape index (κ2) is 6.63. The highest BCUT2D eigenvalue weighted by Crippen LogP contribution is 2.20. The fourth-order valence-electron chi connectivity index (χ4n) is 2.26. The predicted octanol–water partition coefficient (Wildman–Crippen LogP) is 1.65. The summed E-state index contributed by atoms with van der Waals surface area (Å²) < 4.78 is 33.5. The molecule has 0 fully saturated rings. The van der Waals surface area contributed by atoms with E-state index in [0.29, 0.717) is 0 Å². The molecule has 0 radical (unpaired) electrons. The summed E-state index contributed by atoms with van der Waals surface area (Å²) in [6.45, 7) is 0. The molecule has 0 aliphatic rings. The standard InChI is InChI=1S/C16H12F2N4O3/c1-25-15(24)13(10-7-9(17)3-4-11(10)18)21-14(23)12-8-22-6-2-5-19-16(22)20-12/h2-8,13H,1H3,(H,21,23)/t13-/m1/s1. The zero-order chi connectivity index (χ0) is 18.0. The van der Waals surface area contributed by atoms with Crippen LogP contribution in [0.4, 0.5) is 8.78 Å². The van der Waals surface area contributed by atoms with E-state index >= 15 is 0 Å². The van der Waals surface area contributed by atoms with Crippen molar-refractivity contribution in [1.82, 2.24) is 19.7 Å². The third-order valence-corrected chi connectivity index (χ3v) is 3.45. The smallest absolute Gasteiger partial charge is 0.333 e. The van der Waals surface area contributed by atoms with Gasteiger partial charge in [0.1, 0.15) is 17.3 Å². The summed E-state index contributed by atoms with van der Waals surface area (Å²) in [6, 6.07) is 2.72. The van der Waals surface area contributed by atoms with E-state index in [2.05, 4.69) is 20.0 Å². The first kappa shape index (κ1) is 16.5. The molecule has 0 unspecified atom stereocenters. The molecule has 0 saturated heterocycles. The molecule has 9 heteroatoms. The number of methoxy groups -OCH3 is 1. The monoisotopic (exact) mass is 346 g/mol. The van der Waals surface area contributed by atoms with Gasteiger partial charge in [0.15, 0.2) is 6.04 Å². The van der Waals surface area contributed by atoms with Crippen molar-refractivity contribution >= 4 is 17.7 Å². The number of nitrogens with one attached hydrogen (secondary N) is 1. The number of hydrogen-bond acceptors (Lipinski definition) is 5. The van der Waals surface area contributed by atoms with Crippen molar-refractivity contribution in [2.75, 3.05) is 7.11 Å². The normalized spacial score (nSPS) is 12.0. The van der Waals surface area contributed by atoms with E-state index in [9.17, 15) is 18.4 Å². The van der Waals surface area contributed by atoms with Crippen LogP contribution in [0.15, 0.2) is 42.9 Å². The average molecular weight is 346 g/mol. The molecule has 0 aliphatic heterocycles. The number of imidazole rings is 1. The van der Waals surface area contributed by atoms with Gasteiger partial charge in [0.25, 0.3) is 5.91 Å². The molecule has 2 aromatic heterocycles. The summed E-state index contributed by atoms with van der Waals surface area (Å²) in [7, 11) is 1.08. The summed E-state index contributed by atoms with van der Waals surface area (Å²) >= 11 is 0. The Labute approximate surface area is 140 Å². The molecule has 25 heavy (non-hydrogen) atoms. The molecule has 0 bridgehead atoms. The van der Waals surface area contributed by atoms with Crippen LogP contribution in [0.2, 0.25) is 0 Å². The lowest BCUT2D eigenvalue weighted by Gasteiger charge is -2.17. The third-order valence-electron chi connectivity index (χ3n) is 3.45. The molecule has 128 valence electrons. The molecular weight excluding hydrogens is 334 g/mol. The van der Waals surface area contributed by atoms with E-state index < -0.39 is 29.6 Å². The molecule has 0 spiro atoms. The molecular formula is C16H12F2N4O3. The number of rotatable bonds is 4. The number of carbonyl (C=O) groups is 2. The SMILES string of the molecule is COC(=O)[C@H](NC(=O)c1cn2cccnc2n1)c1cc(F)ccc1F. The van der Waals surface area contributed by atoms with E-state index in [-0.39, 0.29) is 17.0 Å². The molecule has 1 aromatic carbocycles. The Morgan fingerprint density at radius 1 is 1.32 bits per heavy atom. The van der Waals surface area contributed by atoms with Crippen LogP contribution in [-0.2, 0) is 9.53 Å². The van der Waals surface area contributed by atoms with Gasteiger partial charge in [0.2, 0.25) is 5.78 Å². The Morgan fingerprint density at radius 3 is 2.84 bits per heavy atom. The zero-order valence-electron chi connectivity index (χ0n) is 12.9. The zero-order valence-corrected chi connectivity index (χ0v) is 12.9. The van der Waals surface area contributed by atoms with Crippen LogP contribution in [0.5, 0.6) is 0 Å². The van der Waals surface area contributed by atoms with Gasteiger partial charge in [-0.3, -0.25) is 9.20 Å². The summed E-state index contributed by atoms with van der Waals surface area (Å²) in [4.78, 5) is 32.3. The lowest BCUT2D eigenvalue weighted by molar-refractivity contribution is -0.143. The number of amides is 1. The first-order chi connectivity index (χ1) is 12.0. The van der Waals surface area contributed by atoms with Crippen molar-refractivity contribution in [2.24, 2.45) is 0 Å². The van der Waals surface area contributed by atoms with Gasteiger partial charge in [-0.05, 0) is 24.3 Å². The maximum Gasteiger partial charge on any atom is 0.333 e. The number of carbonyl (C=O) groups excluding carboxylic acids is 2. The molecule has 1 N–H and O–H groups in total. The Kier molecular flexibility index (Phi) is 4.38. The molecule has 3 aromatic rings. The lowest BCUT2D eigenvalue weighted by Crippen LogP contribution is -2.35. The number of benzene rings is 1. The average Bonchev–Trinajstić information content (AvgIpc) is 3.05. The first-order valence-electron chi connectivity index (χ1n) is 7.13. The number of halogens is 2. The van der Waals surface area contributed by atoms with Gasteiger partial charge in [-0.2, -0.15) is 0 Å². The Morgan fingerprint density at radius 2 is 2.12 bits per heavy atom. The largest absolute Gasteiger partial charge is 0.467 e. The van der Waals surface area contributed by atoms with E-state index in [1.165, 1.54) is 16.8 Å². The fraction of sp³-hybridized carbons (Fsp3) is 0.125. The molecule has 0 saturated carbocycles. The van der Waals surface area contributed by atoms with E-state index in [1.807, 2.05) is 0 Å². The topological polar surface area (TPSA) is 85.6 Å². The van der Waals surface area contributed by atoms with Gasteiger partial charge in [-0.25, -0.2) is 23.5 Å². The minimum Gasteiger partial charge on any atom is -0.467 e. The van der Waals surface area contributed by atoms with Crippen molar-refractivity contribution in [1.29, 1.82) is 0 Å². The summed E-state index contributed by atoms with van der Waals surface area (Å²) in [6.07, 6.45) is 4.54. The molecule has 0 aliphatic carbocycles. The van der Waals surface area contributed by atoms with Crippen molar-refractivity contribution in [3.05, 3.63) is 65.7 Å². The second-order valence-electron chi connectivity index (χ2n) is 5.05. The summed E-state index contributed by atoms with van der Waals surface area (Å²) in [5, 5.41) is 2.31. The molecule has 1 amide bonds. The Bertz CT molecular complexity index is 924. The summed E-state index contributed by atoms with van der Waals surface area (Å²) in [5.74, 6) is -3.03. The van der Waals surface area contributed by atoms with Crippen LogP contribution >= 0.6 is 0 Å². The van der Waals surface area contributed by atoms with Crippen molar-refractivity contribution in [2.45, 2.75) is 6.04 Å². The molecule has 7 nitrogen and oxygen atoms in total. The number of nitrogens with zero attached hydrogens (tertiary/aromatic N) is 3. The Balaban J connectivity index is 1.93. The van der Waals surface area contributed by atoms with Crippen molar-refractivity contribution < 1.29 is 23.1 Å². The van der Waals surface area contributed by atoms with Crippen LogP contribution in [0, 0.1) is 11.6 Å². The molecule has 1 atom stereocenters. The van der Waals surface area contributed by atoms with E-state index in [0.717, 1.165) is 25.3 Å². The van der Waals surface area contributed by atoms with Crippen molar-refractivity contribution in [3.8, 4) is 0 Å². The maximum absolute atomic E-state index is 14.0. The van der Waals surface area contributed by atoms with Crippen LogP contribution in [0.3, 0.4) is 0 Å². The minimum absolute atomic E-state index is 0.0376. The molecule has 3 rings (SSSR count). The number of ether oxygens (including phenoxy) is 1. The van der Waals surface area contributed by atoms with Gasteiger partial charge in [0.05, 0.1) is 7.11 Å². The van der Waals surface area contributed by atoms with E-state index in [1.54, 1.807) is 12.3 Å². The maximum atomic E-state index is 14.0. The fourth-order valence-corrected chi connectivity index (χ4v) is 2.26. The highest BCUT2D eigenvalue weighted by Gasteiger charge is 2.28. The third kappa shape index (κ3) is 3.30. The van der Waals surface area contributed by atoms with Gasteiger partial charge in [-0.1, -0.05) is 0 Å².